The molecule has 0 bridgehead atoms. The van der Waals surface area contributed by atoms with E-state index in [9.17, 15) is 14.7 Å². The maximum Gasteiger partial charge on any atom is 0.254 e. The normalized spacial score (nSPS) is 18.4. The number of nitrogens with zero attached hydrogens (tertiary/aromatic N) is 4. The third-order valence-corrected chi connectivity index (χ3v) is 5.97. The summed E-state index contributed by atoms with van der Waals surface area (Å²) in [6, 6.07) is 15.6. The Balaban J connectivity index is 1.41. The number of ether oxygens (including phenoxy) is 1. The Kier molecular flexibility index (Phi) is 5.55. The van der Waals surface area contributed by atoms with E-state index >= 15 is 0 Å². The molecule has 2 fully saturated rings. The Morgan fingerprint density at radius 3 is 2.55 bits per heavy atom. The molecule has 33 heavy (non-hydrogen) atoms. The summed E-state index contributed by atoms with van der Waals surface area (Å²) >= 11 is 0. The molecule has 2 amide bonds. The van der Waals surface area contributed by atoms with E-state index < -0.39 is 12.0 Å². The third kappa shape index (κ3) is 4.07. The lowest BCUT2D eigenvalue weighted by molar-refractivity contribution is -0.678. The van der Waals surface area contributed by atoms with Crippen LogP contribution in [0.2, 0.25) is 0 Å². The molecule has 9 heteroatoms. The molecule has 1 aliphatic heterocycles. The zero-order valence-electron chi connectivity index (χ0n) is 18.2. The van der Waals surface area contributed by atoms with E-state index in [1.807, 2.05) is 42.2 Å². The molecule has 0 radical (unpaired) electrons. The van der Waals surface area contributed by atoms with Gasteiger partial charge in [-0.15, -0.1) is 0 Å². The summed E-state index contributed by atoms with van der Waals surface area (Å²) in [5.74, 6) is -0.420. The number of carbonyl (C=O) groups is 2. The van der Waals surface area contributed by atoms with Crippen LogP contribution >= 0.6 is 0 Å². The van der Waals surface area contributed by atoms with Gasteiger partial charge < -0.3 is 14.4 Å². The van der Waals surface area contributed by atoms with Gasteiger partial charge in [-0.3, -0.25) is 14.5 Å². The van der Waals surface area contributed by atoms with E-state index in [1.54, 1.807) is 24.3 Å². The highest BCUT2D eigenvalue weighted by Gasteiger charge is 2.48. The number of hydrogen-bond donors (Lipinski definition) is 0. The average molecular weight is 448 g/mol. The lowest BCUT2D eigenvalue weighted by Gasteiger charge is -2.26. The molecule has 2 heterocycles. The van der Waals surface area contributed by atoms with E-state index in [0.717, 1.165) is 12.8 Å². The highest BCUT2D eigenvalue weighted by molar-refractivity contribution is 6.22. The summed E-state index contributed by atoms with van der Waals surface area (Å²) < 4.78 is 11.9. The van der Waals surface area contributed by atoms with Crippen molar-refractivity contribution >= 4 is 17.5 Å². The topological polar surface area (TPSA) is 103 Å². The molecule has 0 N–H and O–H groups in total. The third-order valence-electron chi connectivity index (χ3n) is 5.97. The fraction of sp³-hybridized carbons (Fsp3) is 0.333. The number of para-hydroxylation sites is 1. The maximum atomic E-state index is 13.4. The van der Waals surface area contributed by atoms with Gasteiger partial charge in [0.1, 0.15) is 5.75 Å². The minimum atomic E-state index is -0.643. The van der Waals surface area contributed by atoms with E-state index in [4.69, 9.17) is 9.26 Å². The molecular weight excluding hydrogens is 424 g/mol. The molecule has 0 spiro atoms. The molecule has 1 saturated heterocycles. The predicted octanol–water partition coefficient (Wildman–Crippen LogP) is 1.72. The number of amides is 2. The van der Waals surface area contributed by atoms with Crippen LogP contribution in [-0.4, -0.2) is 40.7 Å². The molecule has 2 aliphatic rings. The van der Waals surface area contributed by atoms with Crippen LogP contribution in [0.4, 0.5) is 5.69 Å². The smallest absolute Gasteiger partial charge is 0.254 e. The van der Waals surface area contributed by atoms with Crippen molar-refractivity contribution in [3.8, 4) is 17.4 Å². The minimum Gasteiger partial charge on any atom is -0.539 e. The van der Waals surface area contributed by atoms with Gasteiger partial charge in [0.05, 0.1) is 36.6 Å². The van der Waals surface area contributed by atoms with Gasteiger partial charge in [0.25, 0.3) is 11.6 Å². The van der Waals surface area contributed by atoms with Crippen molar-refractivity contribution < 1.29 is 28.6 Å². The molecule has 5 rings (SSSR count). The van der Waals surface area contributed by atoms with Crippen molar-refractivity contribution in [3.05, 3.63) is 60.3 Å². The fourth-order valence-corrected chi connectivity index (χ4v) is 4.25. The molecule has 1 saturated carbocycles. The standard InChI is InChI=1S/C24H24N4O5/c1-2-32-19-12-10-17(11-13-19)27-22(29)14-20(23(27)30)26(16-8-9-16)15-21-24(31)33-25-28(21)18-6-4-3-5-7-18/h3-7,10-13,16,20H,2,8-9,14-15H2,1H3. The average Bonchev–Trinajstić information content (AvgIpc) is 3.54. The van der Waals surface area contributed by atoms with Gasteiger partial charge in [0.15, 0.2) is 5.95 Å². The molecule has 3 aromatic rings. The van der Waals surface area contributed by atoms with E-state index in [1.165, 1.54) is 9.58 Å². The highest BCUT2D eigenvalue weighted by atomic mass is 16.6. The largest absolute Gasteiger partial charge is 0.539 e. The van der Waals surface area contributed by atoms with Crippen molar-refractivity contribution in [2.24, 2.45) is 0 Å². The molecule has 2 aromatic carbocycles. The fourth-order valence-electron chi connectivity index (χ4n) is 4.25. The molecular formula is C24H24N4O5. The SMILES string of the molecule is CCOc1ccc(N2C(=O)CC(N(Cc3c([O-])on[n+]3-c3ccccc3)C3CC3)C2=O)cc1. The first-order valence-corrected chi connectivity index (χ1v) is 11.1. The molecule has 9 nitrogen and oxygen atoms in total. The Hall–Kier alpha value is -3.72. The number of benzene rings is 2. The zero-order chi connectivity index (χ0) is 22.9. The molecule has 1 atom stereocenters. The zero-order valence-corrected chi connectivity index (χ0v) is 18.2. The van der Waals surface area contributed by atoms with Crippen LogP contribution in [0.5, 0.6) is 11.7 Å². The molecule has 1 aromatic heterocycles. The van der Waals surface area contributed by atoms with Crippen molar-refractivity contribution in [1.82, 2.24) is 10.2 Å². The summed E-state index contributed by atoms with van der Waals surface area (Å²) in [5.41, 5.74) is 1.53. The maximum absolute atomic E-state index is 13.4. The number of anilines is 1. The highest BCUT2D eigenvalue weighted by Crippen LogP contribution is 2.36. The van der Waals surface area contributed by atoms with Gasteiger partial charge in [0, 0.05) is 18.2 Å². The summed E-state index contributed by atoms with van der Waals surface area (Å²) in [7, 11) is 0. The van der Waals surface area contributed by atoms with E-state index in [0.29, 0.717) is 29.4 Å². The van der Waals surface area contributed by atoms with Crippen LogP contribution in [0.3, 0.4) is 0 Å². The molecule has 170 valence electrons. The number of rotatable bonds is 8. The van der Waals surface area contributed by atoms with Crippen LogP contribution in [0.15, 0.2) is 59.1 Å². The van der Waals surface area contributed by atoms with E-state index in [-0.39, 0.29) is 30.8 Å². The second kappa shape index (κ2) is 8.67. The number of imide groups is 1. The second-order valence-corrected chi connectivity index (χ2v) is 8.17. The van der Waals surface area contributed by atoms with Crippen LogP contribution in [0.1, 0.15) is 31.9 Å². The van der Waals surface area contributed by atoms with Gasteiger partial charge in [-0.2, -0.15) is 0 Å². The van der Waals surface area contributed by atoms with E-state index in [2.05, 4.69) is 5.27 Å². The van der Waals surface area contributed by atoms with Gasteiger partial charge >= 0.3 is 0 Å². The van der Waals surface area contributed by atoms with Crippen molar-refractivity contribution in [2.45, 2.75) is 44.8 Å². The summed E-state index contributed by atoms with van der Waals surface area (Å²) in [4.78, 5) is 29.4. The van der Waals surface area contributed by atoms with Crippen LogP contribution < -0.4 is 19.4 Å². The summed E-state index contributed by atoms with van der Waals surface area (Å²) in [6.45, 7) is 2.60. The van der Waals surface area contributed by atoms with Gasteiger partial charge in [-0.25, -0.2) is 4.90 Å². The lowest BCUT2D eigenvalue weighted by Crippen LogP contribution is -2.46. The van der Waals surface area contributed by atoms with Crippen molar-refractivity contribution in [3.63, 3.8) is 0 Å². The Morgan fingerprint density at radius 1 is 1.15 bits per heavy atom. The Morgan fingerprint density at radius 2 is 1.88 bits per heavy atom. The second-order valence-electron chi connectivity index (χ2n) is 8.17. The number of aromatic nitrogens is 2. The quantitative estimate of drug-likeness (QED) is 0.382. The summed E-state index contributed by atoms with van der Waals surface area (Å²) in [6.07, 6.45) is 1.88. The predicted molar refractivity (Wildman–Crippen MR) is 115 cm³/mol. The van der Waals surface area contributed by atoms with Crippen LogP contribution in [0.25, 0.3) is 5.69 Å². The Labute approximate surface area is 190 Å². The van der Waals surface area contributed by atoms with Crippen LogP contribution in [-0.2, 0) is 16.1 Å². The van der Waals surface area contributed by atoms with Crippen LogP contribution in [0, 0.1) is 0 Å². The van der Waals surface area contributed by atoms with Crippen molar-refractivity contribution in [2.75, 3.05) is 11.5 Å². The number of carbonyl (C=O) groups excluding carboxylic acids is 2. The van der Waals surface area contributed by atoms with Gasteiger partial charge in [-0.1, -0.05) is 18.2 Å². The molecule has 1 aliphatic carbocycles. The number of hydrogen-bond acceptors (Lipinski definition) is 7. The molecule has 1 unspecified atom stereocenters. The first-order valence-electron chi connectivity index (χ1n) is 11.1. The Bertz CT molecular complexity index is 1160. The first kappa shape index (κ1) is 21.1. The van der Waals surface area contributed by atoms with Gasteiger partial charge in [0.2, 0.25) is 11.6 Å². The first-order chi connectivity index (χ1) is 16.1. The van der Waals surface area contributed by atoms with Crippen molar-refractivity contribution in [1.29, 1.82) is 0 Å². The monoisotopic (exact) mass is 448 g/mol. The lowest BCUT2D eigenvalue weighted by atomic mass is 10.2. The minimum absolute atomic E-state index is 0.0628. The summed E-state index contributed by atoms with van der Waals surface area (Å²) in [5, 5.41) is 16.4. The van der Waals surface area contributed by atoms with Gasteiger partial charge in [-0.05, 0) is 48.7 Å².